The third-order valence-electron chi connectivity index (χ3n) is 4.39. The molecule has 2 heterocycles. The fourth-order valence-electron chi connectivity index (χ4n) is 2.96. The van der Waals surface area contributed by atoms with Crippen LogP contribution in [0, 0.1) is 6.92 Å². The van der Waals surface area contributed by atoms with Gasteiger partial charge < -0.3 is 10.1 Å². The molecular formula is C20H19N3O2S. The lowest BCUT2D eigenvalue weighted by molar-refractivity contribution is 0.102. The molecule has 0 spiro atoms. The number of rotatable bonds is 4. The first-order chi connectivity index (χ1) is 12.7. The lowest BCUT2D eigenvalue weighted by atomic mass is 10.2. The van der Waals surface area contributed by atoms with Crippen LogP contribution in [0.3, 0.4) is 0 Å². The van der Waals surface area contributed by atoms with Crippen molar-refractivity contribution in [1.82, 2.24) is 9.78 Å². The van der Waals surface area contributed by atoms with Crippen LogP contribution in [0.15, 0.2) is 48.5 Å². The highest BCUT2D eigenvalue weighted by atomic mass is 32.2. The van der Waals surface area contributed by atoms with Crippen LogP contribution >= 0.6 is 11.8 Å². The summed E-state index contributed by atoms with van der Waals surface area (Å²) >= 11 is 1.81. The summed E-state index contributed by atoms with van der Waals surface area (Å²) in [5.41, 5.74) is 4.82. The van der Waals surface area contributed by atoms with Gasteiger partial charge >= 0.3 is 0 Å². The number of nitrogens with zero attached hydrogens (tertiary/aromatic N) is 2. The van der Waals surface area contributed by atoms with Crippen LogP contribution in [0.4, 0.5) is 5.82 Å². The predicted molar refractivity (Wildman–Crippen MR) is 104 cm³/mol. The van der Waals surface area contributed by atoms with Gasteiger partial charge in [0.25, 0.3) is 5.91 Å². The molecule has 3 aromatic rings. The molecule has 2 aromatic carbocycles. The van der Waals surface area contributed by atoms with E-state index >= 15 is 0 Å². The predicted octanol–water partition coefficient (Wildman–Crippen LogP) is 4.19. The number of thioether (sulfide) groups is 1. The van der Waals surface area contributed by atoms with Crippen molar-refractivity contribution in [3.63, 3.8) is 0 Å². The van der Waals surface area contributed by atoms with Crippen LogP contribution in [0.1, 0.15) is 27.2 Å². The fourth-order valence-corrected chi connectivity index (χ4v) is 3.99. The van der Waals surface area contributed by atoms with Crippen LogP contribution in [0.2, 0.25) is 0 Å². The number of fused-ring (bicyclic) bond motifs is 1. The van der Waals surface area contributed by atoms with Gasteiger partial charge in [0.05, 0.1) is 18.5 Å². The van der Waals surface area contributed by atoms with Crippen molar-refractivity contribution in [3.05, 3.63) is 70.9 Å². The van der Waals surface area contributed by atoms with Crippen molar-refractivity contribution < 1.29 is 9.53 Å². The molecule has 0 atom stereocenters. The molecule has 0 saturated heterocycles. The average molecular weight is 365 g/mol. The first-order valence-electron chi connectivity index (χ1n) is 8.36. The Balaban J connectivity index is 1.71. The van der Waals surface area contributed by atoms with Crippen LogP contribution in [0.25, 0.3) is 5.69 Å². The molecule has 0 fully saturated rings. The van der Waals surface area contributed by atoms with Gasteiger partial charge in [0, 0.05) is 22.6 Å². The summed E-state index contributed by atoms with van der Waals surface area (Å²) in [5, 5.41) is 7.79. The van der Waals surface area contributed by atoms with E-state index in [-0.39, 0.29) is 5.91 Å². The van der Waals surface area contributed by atoms with Crippen LogP contribution in [0.5, 0.6) is 5.75 Å². The van der Waals surface area contributed by atoms with E-state index in [1.165, 1.54) is 5.56 Å². The Labute approximate surface area is 156 Å². The molecule has 132 valence electrons. The zero-order valence-electron chi connectivity index (χ0n) is 14.7. The van der Waals surface area contributed by atoms with E-state index in [1.54, 1.807) is 19.2 Å². The molecule has 26 heavy (non-hydrogen) atoms. The summed E-state index contributed by atoms with van der Waals surface area (Å²) in [7, 11) is 1.59. The normalized spacial score (nSPS) is 12.7. The maximum absolute atomic E-state index is 12.8. The molecule has 5 nitrogen and oxygen atoms in total. The van der Waals surface area contributed by atoms with Gasteiger partial charge in [-0.05, 0) is 37.3 Å². The van der Waals surface area contributed by atoms with Crippen molar-refractivity contribution in [2.75, 3.05) is 12.4 Å². The molecule has 1 N–H and O–H groups in total. The lowest BCUT2D eigenvalue weighted by Gasteiger charge is -2.12. The van der Waals surface area contributed by atoms with Gasteiger partial charge in [0.2, 0.25) is 0 Å². The number of methoxy groups -OCH3 is 1. The second-order valence-electron chi connectivity index (χ2n) is 6.20. The van der Waals surface area contributed by atoms with Crippen molar-refractivity contribution >= 4 is 23.5 Å². The first-order valence-corrected chi connectivity index (χ1v) is 9.52. The molecule has 1 aliphatic rings. The van der Waals surface area contributed by atoms with E-state index in [2.05, 4.69) is 12.2 Å². The highest BCUT2D eigenvalue weighted by Gasteiger charge is 2.25. The summed E-state index contributed by atoms with van der Waals surface area (Å²) in [6.45, 7) is 2.05. The number of hydrogen-bond acceptors (Lipinski definition) is 4. The second-order valence-corrected chi connectivity index (χ2v) is 7.19. The lowest BCUT2D eigenvalue weighted by Crippen LogP contribution is -2.16. The van der Waals surface area contributed by atoms with Gasteiger partial charge in [-0.15, -0.1) is 0 Å². The fraction of sp³-hybridized carbons (Fsp3) is 0.200. The Kier molecular flexibility index (Phi) is 4.42. The van der Waals surface area contributed by atoms with Gasteiger partial charge in [-0.1, -0.05) is 23.8 Å². The maximum Gasteiger partial charge on any atom is 0.256 e. The largest absolute Gasteiger partial charge is 0.497 e. The Morgan fingerprint density at radius 2 is 2.00 bits per heavy atom. The van der Waals surface area contributed by atoms with E-state index < -0.39 is 0 Å². The minimum Gasteiger partial charge on any atom is -0.497 e. The van der Waals surface area contributed by atoms with E-state index in [4.69, 9.17) is 9.84 Å². The standard InChI is InChI=1S/C20H19N3O2S/c1-13-6-8-15(9-7-13)23-19(17-11-26-12-18(17)22-23)21-20(24)14-4-3-5-16(10-14)25-2/h3-10H,11-12H2,1-2H3,(H,21,24). The minimum atomic E-state index is -0.170. The molecule has 0 radical (unpaired) electrons. The van der Waals surface area contributed by atoms with Crippen molar-refractivity contribution in [3.8, 4) is 11.4 Å². The number of hydrogen-bond donors (Lipinski definition) is 1. The summed E-state index contributed by atoms with van der Waals surface area (Å²) in [6.07, 6.45) is 0. The summed E-state index contributed by atoms with van der Waals surface area (Å²) in [4.78, 5) is 12.8. The quantitative estimate of drug-likeness (QED) is 0.753. The molecule has 1 amide bonds. The van der Waals surface area contributed by atoms with Crippen LogP contribution in [-0.4, -0.2) is 22.8 Å². The Hall–Kier alpha value is -2.73. The molecule has 1 aliphatic heterocycles. The number of anilines is 1. The average Bonchev–Trinajstić information content (AvgIpc) is 3.25. The minimum absolute atomic E-state index is 0.170. The SMILES string of the molecule is COc1cccc(C(=O)Nc2c3c(nn2-c2ccc(C)cc2)CSC3)c1. The highest BCUT2D eigenvalue weighted by molar-refractivity contribution is 7.98. The van der Waals surface area contributed by atoms with Gasteiger partial charge in [0.15, 0.2) is 0 Å². The van der Waals surface area contributed by atoms with Gasteiger partial charge in [-0.25, -0.2) is 4.68 Å². The van der Waals surface area contributed by atoms with E-state index in [0.29, 0.717) is 11.3 Å². The van der Waals surface area contributed by atoms with Crippen LogP contribution < -0.4 is 10.1 Å². The number of benzene rings is 2. The van der Waals surface area contributed by atoms with Gasteiger partial charge in [-0.2, -0.15) is 16.9 Å². The summed E-state index contributed by atoms with van der Waals surface area (Å²) in [5.74, 6) is 2.97. The van der Waals surface area contributed by atoms with E-state index in [9.17, 15) is 4.79 Å². The molecule has 1 aromatic heterocycles. The Bertz CT molecular complexity index is 964. The van der Waals surface area contributed by atoms with Crippen molar-refractivity contribution in [2.45, 2.75) is 18.4 Å². The molecule has 6 heteroatoms. The van der Waals surface area contributed by atoms with Gasteiger partial charge in [0.1, 0.15) is 11.6 Å². The molecule has 0 unspecified atom stereocenters. The number of aryl methyl sites for hydroxylation is 1. The zero-order valence-corrected chi connectivity index (χ0v) is 15.5. The van der Waals surface area contributed by atoms with E-state index in [1.807, 2.05) is 52.8 Å². The number of nitrogens with one attached hydrogen (secondary N) is 1. The molecule has 0 saturated carbocycles. The number of ether oxygens (including phenoxy) is 1. The Morgan fingerprint density at radius 1 is 1.19 bits per heavy atom. The number of aromatic nitrogens is 2. The third kappa shape index (κ3) is 3.08. The van der Waals surface area contributed by atoms with Crippen LogP contribution in [-0.2, 0) is 11.5 Å². The summed E-state index contributed by atoms with van der Waals surface area (Å²) < 4.78 is 7.05. The zero-order chi connectivity index (χ0) is 18.1. The molecule has 0 aliphatic carbocycles. The summed E-state index contributed by atoms with van der Waals surface area (Å²) in [6, 6.07) is 15.3. The Morgan fingerprint density at radius 3 is 2.77 bits per heavy atom. The van der Waals surface area contributed by atoms with Gasteiger partial charge in [-0.3, -0.25) is 4.79 Å². The number of amides is 1. The third-order valence-corrected chi connectivity index (χ3v) is 5.36. The highest BCUT2D eigenvalue weighted by Crippen LogP contribution is 2.36. The smallest absolute Gasteiger partial charge is 0.256 e. The van der Waals surface area contributed by atoms with Crippen molar-refractivity contribution in [2.24, 2.45) is 0 Å². The first kappa shape index (κ1) is 16.7. The molecule has 0 bridgehead atoms. The van der Waals surface area contributed by atoms with Crippen molar-refractivity contribution in [1.29, 1.82) is 0 Å². The number of carbonyl (C=O) groups is 1. The monoisotopic (exact) mass is 365 g/mol. The van der Waals surface area contributed by atoms with E-state index in [0.717, 1.165) is 34.3 Å². The maximum atomic E-state index is 12.8. The topological polar surface area (TPSA) is 56.1 Å². The molecular weight excluding hydrogens is 346 g/mol. The number of carbonyl (C=O) groups excluding carboxylic acids is 1. The molecule has 4 rings (SSSR count). The second kappa shape index (κ2) is 6.88.